The summed E-state index contributed by atoms with van der Waals surface area (Å²) in [5.74, 6) is 0.253. The minimum Gasteiger partial charge on any atom is -0.448 e. The molecule has 3 rings (SSSR count). The minimum absolute atomic E-state index is 0.210. The van der Waals surface area contributed by atoms with Crippen molar-refractivity contribution >= 4 is 5.91 Å². The van der Waals surface area contributed by atoms with Gasteiger partial charge in [0.05, 0.1) is 6.54 Å². The van der Waals surface area contributed by atoms with E-state index in [2.05, 4.69) is 4.98 Å². The molecule has 18 heavy (non-hydrogen) atoms. The first kappa shape index (κ1) is 11.7. The first-order chi connectivity index (χ1) is 8.61. The Bertz CT molecular complexity index is 464. The maximum absolute atomic E-state index is 12.2. The van der Waals surface area contributed by atoms with E-state index in [1.807, 2.05) is 0 Å². The lowest BCUT2D eigenvalue weighted by Gasteiger charge is -2.25. The van der Waals surface area contributed by atoms with Gasteiger partial charge in [0.1, 0.15) is 18.0 Å². The predicted molar refractivity (Wildman–Crippen MR) is 61.1 cm³/mol. The number of aliphatic hydroxyl groups is 1. The van der Waals surface area contributed by atoms with Gasteiger partial charge in [-0.2, -0.15) is 0 Å². The molecule has 0 radical (unpaired) electrons. The molecule has 0 aromatic carbocycles. The molecule has 6 heteroatoms. The summed E-state index contributed by atoms with van der Waals surface area (Å²) in [6.07, 6.45) is 2.47. The highest BCUT2D eigenvalue weighted by atomic mass is 16.5. The van der Waals surface area contributed by atoms with Crippen LogP contribution in [0.2, 0.25) is 0 Å². The Morgan fingerprint density at radius 1 is 1.67 bits per heavy atom. The van der Waals surface area contributed by atoms with Crippen LogP contribution in [0.25, 0.3) is 0 Å². The van der Waals surface area contributed by atoms with Gasteiger partial charge in [0.25, 0.3) is 5.91 Å². The number of carbonyl (C=O) groups excluding carboxylic acids is 1. The highest BCUT2D eigenvalue weighted by Gasteiger charge is 2.50. The van der Waals surface area contributed by atoms with Crippen LogP contribution < -0.4 is 0 Å². The molecular formula is C12H16N2O4. The predicted octanol–water partition coefficient (Wildman–Crippen LogP) is 0.349. The van der Waals surface area contributed by atoms with E-state index < -0.39 is 11.7 Å². The first-order valence-electron chi connectivity index (χ1n) is 6.14. The van der Waals surface area contributed by atoms with Gasteiger partial charge in [0.15, 0.2) is 11.6 Å². The maximum atomic E-state index is 12.2. The lowest BCUT2D eigenvalue weighted by molar-refractivity contribution is -0.0590. The number of carbonyl (C=O) groups is 1. The second kappa shape index (κ2) is 4.07. The second-order valence-corrected chi connectivity index (χ2v) is 4.97. The number of rotatable bonds is 1. The lowest BCUT2D eigenvalue weighted by Crippen LogP contribution is -2.41. The SMILES string of the molecule is Cc1nc(C(=O)N2C[C@H](O)[C@]3(CCCO3)C2)co1. The van der Waals surface area contributed by atoms with Gasteiger partial charge in [-0.25, -0.2) is 4.98 Å². The molecule has 1 aromatic rings. The molecule has 3 heterocycles. The molecule has 6 nitrogen and oxygen atoms in total. The van der Waals surface area contributed by atoms with E-state index in [0.29, 0.717) is 25.6 Å². The molecule has 1 N–H and O–H groups in total. The Labute approximate surface area is 105 Å². The summed E-state index contributed by atoms with van der Waals surface area (Å²) in [5, 5.41) is 10.1. The molecule has 1 spiro atoms. The van der Waals surface area contributed by atoms with Gasteiger partial charge < -0.3 is 19.2 Å². The minimum atomic E-state index is -0.614. The number of ether oxygens (including phenoxy) is 1. The van der Waals surface area contributed by atoms with Gasteiger partial charge in [-0.05, 0) is 12.8 Å². The highest BCUT2D eigenvalue weighted by molar-refractivity contribution is 5.92. The van der Waals surface area contributed by atoms with Gasteiger partial charge in [0, 0.05) is 20.1 Å². The standard InChI is InChI=1S/C12H16N2O4/c1-8-13-9(6-17-8)11(16)14-5-10(15)12(7-14)3-2-4-18-12/h6,10,15H,2-5,7H2,1H3/t10-,12-/m0/s1. The van der Waals surface area contributed by atoms with Crippen molar-refractivity contribution in [2.24, 2.45) is 0 Å². The van der Waals surface area contributed by atoms with E-state index in [0.717, 1.165) is 12.8 Å². The lowest BCUT2D eigenvalue weighted by atomic mass is 9.97. The van der Waals surface area contributed by atoms with E-state index in [1.54, 1.807) is 11.8 Å². The Morgan fingerprint density at radius 3 is 3.11 bits per heavy atom. The summed E-state index contributed by atoms with van der Waals surface area (Å²) in [6.45, 7) is 3.07. The molecule has 2 atom stereocenters. The number of amides is 1. The number of hydrogen-bond donors (Lipinski definition) is 1. The normalized spacial score (nSPS) is 31.4. The van der Waals surface area contributed by atoms with Crippen molar-refractivity contribution in [3.63, 3.8) is 0 Å². The molecule has 0 unspecified atom stereocenters. The fourth-order valence-corrected chi connectivity index (χ4v) is 2.75. The van der Waals surface area contributed by atoms with E-state index >= 15 is 0 Å². The van der Waals surface area contributed by atoms with Crippen LogP contribution >= 0.6 is 0 Å². The number of aliphatic hydroxyl groups excluding tert-OH is 1. The van der Waals surface area contributed by atoms with Crippen molar-refractivity contribution < 1.29 is 19.1 Å². The number of aromatic nitrogens is 1. The first-order valence-corrected chi connectivity index (χ1v) is 6.14. The molecule has 2 aliphatic rings. The van der Waals surface area contributed by atoms with Crippen LogP contribution in [0.5, 0.6) is 0 Å². The third-order valence-electron chi connectivity index (χ3n) is 3.72. The molecule has 2 fully saturated rings. The highest BCUT2D eigenvalue weighted by Crippen LogP contribution is 2.35. The zero-order valence-electron chi connectivity index (χ0n) is 10.3. The van der Waals surface area contributed by atoms with E-state index in [1.165, 1.54) is 6.26 Å². The zero-order valence-corrected chi connectivity index (χ0v) is 10.3. The quantitative estimate of drug-likeness (QED) is 0.780. The molecule has 0 aliphatic carbocycles. The van der Waals surface area contributed by atoms with Crippen LogP contribution in [0.15, 0.2) is 10.7 Å². The fraction of sp³-hybridized carbons (Fsp3) is 0.667. The molecule has 1 amide bonds. The fourth-order valence-electron chi connectivity index (χ4n) is 2.75. The van der Waals surface area contributed by atoms with Crippen molar-refractivity contribution in [2.75, 3.05) is 19.7 Å². The third-order valence-corrected chi connectivity index (χ3v) is 3.72. The third kappa shape index (κ3) is 1.72. The number of oxazole rings is 1. The van der Waals surface area contributed by atoms with E-state index in [-0.39, 0.29) is 11.6 Å². The average Bonchev–Trinajstić information content (AvgIpc) is 3.03. The van der Waals surface area contributed by atoms with Gasteiger partial charge in [-0.3, -0.25) is 4.79 Å². The van der Waals surface area contributed by atoms with Gasteiger partial charge in [-0.1, -0.05) is 0 Å². The number of nitrogens with zero attached hydrogens (tertiary/aromatic N) is 2. The van der Waals surface area contributed by atoms with Gasteiger partial charge in [-0.15, -0.1) is 0 Å². The number of β-amino-alcohol motifs (C(OH)–C–C–N with tert-alkyl or cyclic N) is 1. The summed E-state index contributed by atoms with van der Waals surface area (Å²) in [5.41, 5.74) is -0.274. The number of hydrogen-bond acceptors (Lipinski definition) is 5. The van der Waals surface area contributed by atoms with Crippen molar-refractivity contribution in [2.45, 2.75) is 31.5 Å². The second-order valence-electron chi connectivity index (χ2n) is 4.97. The average molecular weight is 252 g/mol. The van der Waals surface area contributed by atoms with E-state index in [4.69, 9.17) is 9.15 Å². The smallest absolute Gasteiger partial charge is 0.276 e. The molecule has 98 valence electrons. The Kier molecular flexibility index (Phi) is 2.64. The largest absolute Gasteiger partial charge is 0.448 e. The van der Waals surface area contributed by atoms with Crippen LogP contribution in [0.4, 0.5) is 0 Å². The van der Waals surface area contributed by atoms with Crippen LogP contribution in [0.3, 0.4) is 0 Å². The van der Waals surface area contributed by atoms with Crippen LogP contribution in [0.1, 0.15) is 29.2 Å². The molecule has 2 saturated heterocycles. The number of aryl methyl sites for hydroxylation is 1. The van der Waals surface area contributed by atoms with Crippen molar-refractivity contribution in [3.05, 3.63) is 17.8 Å². The molecule has 0 saturated carbocycles. The monoisotopic (exact) mass is 252 g/mol. The number of likely N-dealkylation sites (tertiary alicyclic amines) is 1. The summed E-state index contributed by atoms with van der Waals surface area (Å²) in [4.78, 5) is 17.8. The van der Waals surface area contributed by atoms with E-state index in [9.17, 15) is 9.90 Å². The molecule has 0 bridgehead atoms. The summed E-state index contributed by atoms with van der Waals surface area (Å²) in [6, 6.07) is 0. The van der Waals surface area contributed by atoms with Crippen LogP contribution in [0, 0.1) is 6.92 Å². The van der Waals surface area contributed by atoms with Crippen molar-refractivity contribution in [3.8, 4) is 0 Å². The van der Waals surface area contributed by atoms with Crippen LogP contribution in [-0.2, 0) is 4.74 Å². The maximum Gasteiger partial charge on any atom is 0.276 e. The molecular weight excluding hydrogens is 236 g/mol. The Balaban J connectivity index is 1.77. The summed E-state index contributed by atoms with van der Waals surface area (Å²) >= 11 is 0. The van der Waals surface area contributed by atoms with Crippen molar-refractivity contribution in [1.82, 2.24) is 9.88 Å². The molecule has 2 aliphatic heterocycles. The Morgan fingerprint density at radius 2 is 2.50 bits per heavy atom. The van der Waals surface area contributed by atoms with Crippen LogP contribution in [-0.4, -0.2) is 52.3 Å². The Hall–Kier alpha value is -1.40. The van der Waals surface area contributed by atoms with Crippen molar-refractivity contribution in [1.29, 1.82) is 0 Å². The zero-order chi connectivity index (χ0) is 12.8. The topological polar surface area (TPSA) is 75.8 Å². The summed E-state index contributed by atoms with van der Waals surface area (Å²) in [7, 11) is 0. The van der Waals surface area contributed by atoms with Gasteiger partial charge >= 0.3 is 0 Å². The molecule has 1 aromatic heterocycles. The van der Waals surface area contributed by atoms with Gasteiger partial charge in [0.2, 0.25) is 0 Å². The summed E-state index contributed by atoms with van der Waals surface area (Å²) < 4.78 is 10.7.